The molecule has 2 aromatic rings. The van der Waals surface area contributed by atoms with Gasteiger partial charge in [-0.2, -0.15) is 11.8 Å². The van der Waals surface area contributed by atoms with E-state index in [9.17, 15) is 13.2 Å². The maximum atomic E-state index is 12.3. The molecule has 0 unspecified atom stereocenters. The molecule has 0 aliphatic rings. The van der Waals surface area contributed by atoms with Gasteiger partial charge in [-0.15, -0.1) is 0 Å². The summed E-state index contributed by atoms with van der Waals surface area (Å²) in [6.45, 7) is 1.88. The van der Waals surface area contributed by atoms with Gasteiger partial charge in [-0.3, -0.25) is 9.10 Å². The highest BCUT2D eigenvalue weighted by atomic mass is 35.5. The molecule has 0 heterocycles. The van der Waals surface area contributed by atoms with Crippen molar-refractivity contribution >= 4 is 56.6 Å². The number of carbonyl (C=O) groups excluding carboxylic acids is 1. The second kappa shape index (κ2) is 10.4. The Morgan fingerprint density at radius 2 is 1.82 bits per heavy atom. The molecule has 2 aromatic carbocycles. The summed E-state index contributed by atoms with van der Waals surface area (Å²) in [6, 6.07) is 12.6. The number of nitrogens with one attached hydrogen (secondary N) is 1. The fourth-order valence-electron chi connectivity index (χ4n) is 2.47. The van der Waals surface area contributed by atoms with E-state index in [4.69, 9.17) is 23.2 Å². The van der Waals surface area contributed by atoms with E-state index >= 15 is 0 Å². The van der Waals surface area contributed by atoms with Crippen molar-refractivity contribution in [3.8, 4) is 0 Å². The third-order valence-electron chi connectivity index (χ3n) is 3.95. The van der Waals surface area contributed by atoms with Gasteiger partial charge in [-0.05, 0) is 42.3 Å². The molecule has 0 aliphatic heterocycles. The summed E-state index contributed by atoms with van der Waals surface area (Å²) in [5, 5.41) is 3.91. The van der Waals surface area contributed by atoms with Crippen LogP contribution in [0.25, 0.3) is 0 Å². The van der Waals surface area contributed by atoms with Gasteiger partial charge in [0.25, 0.3) is 0 Å². The van der Waals surface area contributed by atoms with Crippen LogP contribution in [0.3, 0.4) is 0 Å². The smallest absolute Gasteiger partial charge is 0.240 e. The molecule has 0 bridgehead atoms. The van der Waals surface area contributed by atoms with Crippen LogP contribution >= 0.6 is 35.0 Å². The van der Waals surface area contributed by atoms with Crippen molar-refractivity contribution in [2.24, 2.45) is 0 Å². The van der Waals surface area contributed by atoms with Crippen LogP contribution in [-0.2, 0) is 20.6 Å². The summed E-state index contributed by atoms with van der Waals surface area (Å²) in [7, 11) is -3.63. The van der Waals surface area contributed by atoms with E-state index < -0.39 is 10.0 Å². The van der Waals surface area contributed by atoms with E-state index in [0.717, 1.165) is 21.9 Å². The van der Waals surface area contributed by atoms with E-state index in [1.165, 1.54) is 0 Å². The van der Waals surface area contributed by atoms with Crippen molar-refractivity contribution in [1.82, 2.24) is 5.32 Å². The topological polar surface area (TPSA) is 66.5 Å². The zero-order chi connectivity index (χ0) is 20.7. The lowest BCUT2D eigenvalue weighted by Crippen LogP contribution is -2.41. The van der Waals surface area contributed by atoms with Gasteiger partial charge in [-0.25, -0.2) is 8.42 Å². The quantitative estimate of drug-likeness (QED) is 0.571. The van der Waals surface area contributed by atoms with Crippen molar-refractivity contribution < 1.29 is 13.2 Å². The maximum absolute atomic E-state index is 12.3. The number of hydrogen-bond donors (Lipinski definition) is 1. The molecule has 0 atom stereocenters. The van der Waals surface area contributed by atoms with Gasteiger partial charge >= 0.3 is 0 Å². The van der Waals surface area contributed by atoms with Gasteiger partial charge in [0.05, 0.1) is 11.9 Å². The summed E-state index contributed by atoms with van der Waals surface area (Å²) in [5.41, 5.74) is 2.17. The van der Waals surface area contributed by atoms with Gasteiger partial charge in [0.15, 0.2) is 0 Å². The van der Waals surface area contributed by atoms with E-state index in [1.54, 1.807) is 36.9 Å². The standard InChI is InChI=1S/C19H22Cl2N2O3S2/c1-14-17(21)4-3-5-18(14)23(28(2,25)26)12-19(24)22-10-11-27-13-15-6-8-16(20)9-7-15/h3-9H,10-13H2,1-2H3,(H,22,24). The van der Waals surface area contributed by atoms with E-state index in [2.05, 4.69) is 5.32 Å². The molecular weight excluding hydrogens is 439 g/mol. The molecule has 2 rings (SSSR count). The zero-order valence-electron chi connectivity index (χ0n) is 15.6. The third-order valence-corrected chi connectivity index (χ3v) is 6.76. The molecule has 28 heavy (non-hydrogen) atoms. The highest BCUT2D eigenvalue weighted by molar-refractivity contribution is 7.98. The molecule has 152 valence electrons. The number of sulfonamides is 1. The second-order valence-corrected chi connectivity index (χ2v) is 10.0. The average Bonchev–Trinajstić information content (AvgIpc) is 2.63. The molecule has 5 nitrogen and oxygen atoms in total. The van der Waals surface area contributed by atoms with E-state index in [-0.39, 0.29) is 12.5 Å². The monoisotopic (exact) mass is 460 g/mol. The fraction of sp³-hybridized carbons (Fsp3) is 0.316. The molecular formula is C19H22Cl2N2O3S2. The normalized spacial score (nSPS) is 11.3. The Morgan fingerprint density at radius 1 is 1.14 bits per heavy atom. The summed E-state index contributed by atoms with van der Waals surface area (Å²) in [4.78, 5) is 12.3. The number of carbonyl (C=O) groups is 1. The number of thioether (sulfide) groups is 1. The van der Waals surface area contributed by atoms with Gasteiger partial charge < -0.3 is 5.32 Å². The first-order chi connectivity index (χ1) is 13.2. The van der Waals surface area contributed by atoms with E-state index in [0.29, 0.717) is 33.6 Å². The number of anilines is 1. The molecule has 0 fully saturated rings. The first kappa shape index (κ1) is 22.9. The average molecular weight is 461 g/mol. The van der Waals surface area contributed by atoms with Gasteiger partial charge in [0, 0.05) is 28.1 Å². The summed E-state index contributed by atoms with van der Waals surface area (Å²) >= 11 is 13.6. The van der Waals surface area contributed by atoms with Crippen molar-refractivity contribution in [2.75, 3.05) is 29.4 Å². The lowest BCUT2D eigenvalue weighted by atomic mass is 10.2. The number of amides is 1. The minimum Gasteiger partial charge on any atom is -0.354 e. The Balaban J connectivity index is 1.87. The van der Waals surface area contributed by atoms with E-state index in [1.807, 2.05) is 24.3 Å². The Bertz CT molecular complexity index is 919. The van der Waals surface area contributed by atoms with Crippen molar-refractivity contribution in [2.45, 2.75) is 12.7 Å². The molecule has 0 saturated carbocycles. The van der Waals surface area contributed by atoms with Crippen LogP contribution in [0.2, 0.25) is 10.0 Å². The fourth-order valence-corrected chi connectivity index (χ4v) is 4.49. The first-order valence-corrected chi connectivity index (χ1v) is 12.3. The number of rotatable bonds is 9. The van der Waals surface area contributed by atoms with Crippen molar-refractivity contribution in [1.29, 1.82) is 0 Å². The number of nitrogens with zero attached hydrogens (tertiary/aromatic N) is 1. The molecule has 0 spiro atoms. The number of hydrogen-bond acceptors (Lipinski definition) is 4. The summed E-state index contributed by atoms with van der Waals surface area (Å²) in [5.74, 6) is 1.16. The minimum absolute atomic E-state index is 0.290. The highest BCUT2D eigenvalue weighted by Crippen LogP contribution is 2.28. The van der Waals surface area contributed by atoms with Crippen LogP contribution in [0.5, 0.6) is 0 Å². The van der Waals surface area contributed by atoms with Gasteiger partial charge in [-0.1, -0.05) is 41.4 Å². The Labute approximate surface area is 180 Å². The zero-order valence-corrected chi connectivity index (χ0v) is 18.8. The Kier molecular flexibility index (Phi) is 8.49. The lowest BCUT2D eigenvalue weighted by Gasteiger charge is -2.24. The third kappa shape index (κ3) is 6.88. The summed E-state index contributed by atoms with van der Waals surface area (Å²) < 4.78 is 25.4. The van der Waals surface area contributed by atoms with Gasteiger partial charge in [0.1, 0.15) is 6.54 Å². The number of benzene rings is 2. The Hall–Kier alpha value is -1.41. The molecule has 0 saturated heterocycles. The highest BCUT2D eigenvalue weighted by Gasteiger charge is 2.22. The molecule has 1 amide bonds. The first-order valence-electron chi connectivity index (χ1n) is 8.50. The van der Waals surface area contributed by atoms with Crippen LogP contribution in [0.15, 0.2) is 42.5 Å². The van der Waals surface area contributed by atoms with Crippen LogP contribution < -0.4 is 9.62 Å². The maximum Gasteiger partial charge on any atom is 0.240 e. The second-order valence-electron chi connectivity index (χ2n) is 6.18. The van der Waals surface area contributed by atoms with Crippen LogP contribution in [0.4, 0.5) is 5.69 Å². The van der Waals surface area contributed by atoms with Gasteiger partial charge in [0.2, 0.25) is 15.9 Å². The predicted molar refractivity (Wildman–Crippen MR) is 119 cm³/mol. The molecule has 0 aliphatic carbocycles. The molecule has 1 N–H and O–H groups in total. The summed E-state index contributed by atoms with van der Waals surface area (Å²) in [6.07, 6.45) is 1.07. The Morgan fingerprint density at radius 3 is 2.46 bits per heavy atom. The molecule has 0 radical (unpaired) electrons. The number of halogens is 2. The molecule has 9 heteroatoms. The minimum atomic E-state index is -3.63. The van der Waals surface area contributed by atoms with Crippen LogP contribution in [0.1, 0.15) is 11.1 Å². The largest absolute Gasteiger partial charge is 0.354 e. The molecule has 0 aromatic heterocycles. The predicted octanol–water partition coefficient (Wildman–Crippen LogP) is 4.12. The lowest BCUT2D eigenvalue weighted by molar-refractivity contribution is -0.119. The van der Waals surface area contributed by atoms with Crippen LogP contribution in [0, 0.1) is 6.92 Å². The SMILES string of the molecule is Cc1c(Cl)cccc1N(CC(=O)NCCSCc1ccc(Cl)cc1)S(C)(=O)=O. The van der Waals surface area contributed by atoms with Crippen molar-refractivity contribution in [3.63, 3.8) is 0 Å². The van der Waals surface area contributed by atoms with Crippen molar-refractivity contribution in [3.05, 3.63) is 63.6 Å². The van der Waals surface area contributed by atoms with Crippen LogP contribution in [-0.4, -0.2) is 39.4 Å².